The van der Waals surface area contributed by atoms with Crippen LogP contribution in [0.4, 0.5) is 4.79 Å². The molecule has 0 aromatic heterocycles. The zero-order valence-electron chi connectivity index (χ0n) is 12.3. The zero-order valence-corrected chi connectivity index (χ0v) is 13.2. The lowest BCUT2D eigenvalue weighted by Crippen LogP contribution is -2.47. The first kappa shape index (κ1) is 17.4. The Morgan fingerprint density at radius 3 is 2.52 bits per heavy atom. The average molecular weight is 310 g/mol. The van der Waals surface area contributed by atoms with E-state index in [1.165, 1.54) is 0 Å². The summed E-state index contributed by atoms with van der Waals surface area (Å²) in [6, 6.07) is 7.88. The first-order valence-corrected chi connectivity index (χ1v) is 8.15. The molecule has 1 aromatic rings. The van der Waals surface area contributed by atoms with Gasteiger partial charge in [0, 0.05) is 18.2 Å². The maximum absolute atomic E-state index is 11.7. The normalized spacial score (nSPS) is 13.2. The third-order valence-electron chi connectivity index (χ3n) is 3.12. The molecule has 5 nitrogen and oxygen atoms in total. The Kier molecular flexibility index (Phi) is 7.68. The second kappa shape index (κ2) is 9.28. The number of benzene rings is 1. The van der Waals surface area contributed by atoms with Gasteiger partial charge in [-0.2, -0.15) is 11.8 Å². The van der Waals surface area contributed by atoms with E-state index in [9.17, 15) is 14.7 Å². The van der Waals surface area contributed by atoms with Gasteiger partial charge in [-0.3, -0.25) is 0 Å². The highest BCUT2D eigenvalue weighted by atomic mass is 32.2. The van der Waals surface area contributed by atoms with Crippen LogP contribution in [0.5, 0.6) is 0 Å². The van der Waals surface area contributed by atoms with E-state index < -0.39 is 18.0 Å². The first-order chi connectivity index (χ1) is 10.0. The molecule has 1 rings (SSSR count). The van der Waals surface area contributed by atoms with Gasteiger partial charge in [0.25, 0.3) is 0 Å². The van der Waals surface area contributed by atoms with Crippen LogP contribution in [0.3, 0.4) is 0 Å². The van der Waals surface area contributed by atoms with Crippen molar-refractivity contribution < 1.29 is 14.7 Å². The van der Waals surface area contributed by atoms with Crippen molar-refractivity contribution in [3.63, 3.8) is 0 Å². The Morgan fingerprint density at radius 2 is 1.95 bits per heavy atom. The van der Waals surface area contributed by atoms with Crippen LogP contribution in [0.2, 0.25) is 0 Å². The smallest absolute Gasteiger partial charge is 0.326 e. The minimum atomic E-state index is -1.04. The lowest BCUT2D eigenvalue weighted by atomic mass is 10.1. The van der Waals surface area contributed by atoms with Crippen molar-refractivity contribution in [2.24, 2.45) is 0 Å². The highest BCUT2D eigenvalue weighted by Gasteiger charge is 2.20. The summed E-state index contributed by atoms with van der Waals surface area (Å²) in [5.74, 6) is -1.04. The van der Waals surface area contributed by atoms with Gasteiger partial charge in [-0.1, -0.05) is 37.3 Å². The Bertz CT molecular complexity index is 453. The van der Waals surface area contributed by atoms with E-state index in [0.717, 1.165) is 12.0 Å². The van der Waals surface area contributed by atoms with Gasteiger partial charge in [-0.05, 0) is 18.2 Å². The lowest BCUT2D eigenvalue weighted by molar-refractivity contribution is -0.139. The molecule has 0 radical (unpaired) electrons. The van der Waals surface area contributed by atoms with Crippen LogP contribution in [-0.2, 0) is 11.2 Å². The van der Waals surface area contributed by atoms with Crippen LogP contribution >= 0.6 is 11.8 Å². The van der Waals surface area contributed by atoms with Crippen molar-refractivity contribution in [3.05, 3.63) is 35.9 Å². The molecule has 6 heteroatoms. The van der Waals surface area contributed by atoms with E-state index in [4.69, 9.17) is 0 Å². The number of carboxylic acid groups (broad SMARTS) is 1. The number of nitrogens with one attached hydrogen (secondary N) is 2. The lowest BCUT2D eigenvalue weighted by Gasteiger charge is -2.16. The minimum absolute atomic E-state index is 0.269. The molecule has 21 heavy (non-hydrogen) atoms. The molecule has 0 saturated carbocycles. The summed E-state index contributed by atoms with van der Waals surface area (Å²) in [6.07, 6.45) is 3.14. The molecule has 3 N–H and O–H groups in total. The third-order valence-corrected chi connectivity index (χ3v) is 4.17. The highest BCUT2D eigenvalue weighted by Crippen LogP contribution is 2.08. The summed E-state index contributed by atoms with van der Waals surface area (Å²) in [5.41, 5.74) is 0.876. The number of carbonyl (C=O) groups is 2. The van der Waals surface area contributed by atoms with Crippen molar-refractivity contribution in [1.29, 1.82) is 0 Å². The van der Waals surface area contributed by atoms with Crippen molar-refractivity contribution >= 4 is 23.8 Å². The highest BCUT2D eigenvalue weighted by molar-refractivity contribution is 7.99. The fourth-order valence-electron chi connectivity index (χ4n) is 1.77. The average Bonchev–Trinajstić information content (AvgIpc) is 2.47. The van der Waals surface area contributed by atoms with Crippen LogP contribution in [-0.4, -0.2) is 41.2 Å². The van der Waals surface area contributed by atoms with Gasteiger partial charge in [0.15, 0.2) is 0 Å². The van der Waals surface area contributed by atoms with Crippen molar-refractivity contribution in [3.8, 4) is 0 Å². The van der Waals surface area contributed by atoms with Crippen LogP contribution in [0.25, 0.3) is 0 Å². The monoisotopic (exact) mass is 310 g/mol. The summed E-state index contributed by atoms with van der Waals surface area (Å²) in [5, 5.41) is 14.8. The van der Waals surface area contributed by atoms with Crippen molar-refractivity contribution in [2.75, 3.05) is 12.8 Å². The number of thioether (sulfide) groups is 1. The fraction of sp³-hybridized carbons (Fsp3) is 0.467. The molecule has 0 bridgehead atoms. The molecule has 0 heterocycles. The maximum atomic E-state index is 11.7. The molecule has 0 saturated heterocycles. The maximum Gasteiger partial charge on any atom is 0.326 e. The molecule has 1 aromatic carbocycles. The number of amides is 2. The number of hydrogen-bond acceptors (Lipinski definition) is 3. The quantitative estimate of drug-likeness (QED) is 0.687. The largest absolute Gasteiger partial charge is 0.480 e. The van der Waals surface area contributed by atoms with E-state index in [-0.39, 0.29) is 6.42 Å². The van der Waals surface area contributed by atoms with Gasteiger partial charge in [0.2, 0.25) is 0 Å². The summed E-state index contributed by atoms with van der Waals surface area (Å²) >= 11 is 1.73. The number of aliphatic carboxylic acids is 1. The Labute approximate surface area is 129 Å². The molecule has 2 amide bonds. The molecule has 116 valence electrons. The molecule has 0 aliphatic carbocycles. The molecular weight excluding hydrogens is 288 g/mol. The molecule has 0 spiro atoms. The van der Waals surface area contributed by atoms with Gasteiger partial charge in [0.1, 0.15) is 6.04 Å². The SMILES string of the molecule is CSC(C)CCNC(=O)N[C@H](Cc1ccccc1)C(=O)O. The number of hydrogen-bond donors (Lipinski definition) is 3. The molecule has 0 aliphatic heterocycles. The predicted octanol–water partition coefficient (Wildman–Crippen LogP) is 2.12. The zero-order chi connectivity index (χ0) is 15.7. The van der Waals surface area contributed by atoms with Crippen LogP contribution in [0, 0.1) is 0 Å². The second-order valence-corrected chi connectivity index (χ2v) is 6.09. The fourth-order valence-corrected chi connectivity index (χ4v) is 2.12. The Balaban J connectivity index is 2.43. The predicted molar refractivity (Wildman–Crippen MR) is 85.7 cm³/mol. The Hall–Kier alpha value is -1.69. The summed E-state index contributed by atoms with van der Waals surface area (Å²) in [6.45, 7) is 2.62. The van der Waals surface area contributed by atoms with Gasteiger partial charge >= 0.3 is 12.0 Å². The van der Waals surface area contributed by atoms with Gasteiger partial charge in [-0.25, -0.2) is 9.59 Å². The number of carboxylic acids is 1. The number of carbonyl (C=O) groups excluding carboxylic acids is 1. The van der Waals surface area contributed by atoms with E-state index in [1.807, 2.05) is 36.6 Å². The number of rotatable bonds is 8. The molecule has 2 atom stereocenters. The van der Waals surface area contributed by atoms with Crippen LogP contribution in [0.15, 0.2) is 30.3 Å². The van der Waals surface area contributed by atoms with Gasteiger partial charge in [-0.15, -0.1) is 0 Å². The molecular formula is C15H22N2O3S. The van der Waals surface area contributed by atoms with E-state index >= 15 is 0 Å². The molecule has 0 aliphatic rings. The first-order valence-electron chi connectivity index (χ1n) is 6.86. The van der Waals surface area contributed by atoms with Crippen molar-refractivity contribution in [1.82, 2.24) is 10.6 Å². The van der Waals surface area contributed by atoms with Crippen molar-refractivity contribution in [2.45, 2.75) is 31.1 Å². The van der Waals surface area contributed by atoms with E-state index in [0.29, 0.717) is 11.8 Å². The van der Waals surface area contributed by atoms with Crippen LogP contribution < -0.4 is 10.6 Å². The van der Waals surface area contributed by atoms with E-state index in [2.05, 4.69) is 17.6 Å². The summed E-state index contributed by atoms with van der Waals surface area (Å²) in [4.78, 5) is 22.9. The Morgan fingerprint density at radius 1 is 1.29 bits per heavy atom. The van der Waals surface area contributed by atoms with Gasteiger partial charge in [0.05, 0.1) is 0 Å². The number of urea groups is 1. The molecule has 1 unspecified atom stereocenters. The topological polar surface area (TPSA) is 78.4 Å². The molecule has 0 fully saturated rings. The standard InChI is InChI=1S/C15H22N2O3S/c1-11(21-2)8-9-16-15(20)17-13(14(18)19)10-12-6-4-3-5-7-12/h3-7,11,13H,8-10H2,1-2H3,(H,18,19)(H2,16,17,20)/t11?,13-/m1/s1. The minimum Gasteiger partial charge on any atom is -0.480 e. The second-order valence-electron chi connectivity index (χ2n) is 4.82. The third kappa shape index (κ3) is 7.04. The van der Waals surface area contributed by atoms with E-state index in [1.54, 1.807) is 11.8 Å². The van der Waals surface area contributed by atoms with Gasteiger partial charge < -0.3 is 15.7 Å². The summed E-state index contributed by atoms with van der Waals surface area (Å²) in [7, 11) is 0. The van der Waals surface area contributed by atoms with Crippen LogP contribution in [0.1, 0.15) is 18.9 Å². The summed E-state index contributed by atoms with van der Waals surface area (Å²) < 4.78 is 0.